The molecule has 2 unspecified atom stereocenters. The van der Waals surface area contributed by atoms with Crippen LogP contribution in [0.3, 0.4) is 0 Å². The molecule has 1 aliphatic rings. The van der Waals surface area contributed by atoms with Gasteiger partial charge < -0.3 is 4.57 Å². The Hall–Kier alpha value is -1.02. The van der Waals surface area contributed by atoms with Crippen molar-refractivity contribution >= 4 is 22.6 Å². The molecule has 0 aliphatic heterocycles. The van der Waals surface area contributed by atoms with Crippen molar-refractivity contribution in [2.45, 2.75) is 32.7 Å². The molecule has 1 saturated carbocycles. The fourth-order valence-electron chi connectivity index (χ4n) is 2.48. The number of hydrogen-bond donors (Lipinski definition) is 0. The maximum absolute atomic E-state index is 6.00. The number of aryl methyl sites for hydroxylation is 1. The molecule has 2 nitrogen and oxygen atoms in total. The van der Waals surface area contributed by atoms with Gasteiger partial charge in [-0.1, -0.05) is 13.0 Å². The zero-order chi connectivity index (χ0) is 12.0. The quantitative estimate of drug-likeness (QED) is 0.757. The minimum absolute atomic E-state index is 0.495. The van der Waals surface area contributed by atoms with E-state index in [0.29, 0.717) is 5.88 Å². The maximum atomic E-state index is 6.00. The highest BCUT2D eigenvalue weighted by atomic mass is 35.5. The highest BCUT2D eigenvalue weighted by molar-refractivity contribution is 6.16. The molecule has 2 aromatic rings. The summed E-state index contributed by atoms with van der Waals surface area (Å²) in [5.41, 5.74) is 3.59. The lowest BCUT2D eigenvalue weighted by molar-refractivity contribution is 0.591. The minimum Gasteiger partial charge on any atom is -0.327 e. The van der Waals surface area contributed by atoms with E-state index >= 15 is 0 Å². The zero-order valence-corrected chi connectivity index (χ0v) is 11.0. The van der Waals surface area contributed by atoms with E-state index < -0.39 is 0 Å². The van der Waals surface area contributed by atoms with Gasteiger partial charge in [-0.15, -0.1) is 11.6 Å². The summed E-state index contributed by atoms with van der Waals surface area (Å²) in [6, 6.07) is 6.41. The van der Waals surface area contributed by atoms with E-state index in [4.69, 9.17) is 11.6 Å². The van der Waals surface area contributed by atoms with E-state index in [1.807, 2.05) is 0 Å². The molecule has 2 atom stereocenters. The molecule has 1 aromatic heterocycles. The third-order valence-corrected chi connectivity index (χ3v) is 4.03. The molecule has 0 saturated heterocycles. The third-order valence-electron chi connectivity index (χ3n) is 3.80. The fraction of sp³-hybridized carbons (Fsp3) is 0.500. The lowest BCUT2D eigenvalue weighted by atomic mass is 10.2. The Balaban J connectivity index is 2.08. The average molecular weight is 249 g/mol. The second-order valence-corrected chi connectivity index (χ2v) is 5.50. The summed E-state index contributed by atoms with van der Waals surface area (Å²) in [6.07, 6.45) is 1.34. The van der Waals surface area contributed by atoms with Gasteiger partial charge in [0.2, 0.25) is 0 Å². The van der Waals surface area contributed by atoms with Crippen LogP contribution in [0.15, 0.2) is 18.2 Å². The molecule has 1 heterocycles. The van der Waals surface area contributed by atoms with Gasteiger partial charge in [0.15, 0.2) is 0 Å². The van der Waals surface area contributed by atoms with Crippen LogP contribution in [0.5, 0.6) is 0 Å². The monoisotopic (exact) mass is 248 g/mol. The summed E-state index contributed by atoms with van der Waals surface area (Å²) in [6.45, 7) is 5.51. The molecule has 0 spiro atoms. The highest BCUT2D eigenvalue weighted by Gasteiger charge is 2.33. The predicted molar refractivity (Wildman–Crippen MR) is 71.3 cm³/mol. The number of alkyl halides is 1. The van der Waals surface area contributed by atoms with Gasteiger partial charge in [0.1, 0.15) is 5.82 Å². The molecule has 90 valence electrons. The number of benzene rings is 1. The van der Waals surface area contributed by atoms with E-state index in [1.165, 1.54) is 17.5 Å². The van der Waals surface area contributed by atoms with Crippen LogP contribution in [0.4, 0.5) is 0 Å². The first-order valence-electron chi connectivity index (χ1n) is 6.20. The maximum Gasteiger partial charge on any atom is 0.124 e. The number of halogens is 1. The highest BCUT2D eigenvalue weighted by Crippen LogP contribution is 2.40. The summed E-state index contributed by atoms with van der Waals surface area (Å²) in [7, 11) is 0. The van der Waals surface area contributed by atoms with Crippen LogP contribution in [-0.4, -0.2) is 9.55 Å². The molecule has 0 bridgehead atoms. The molecule has 1 aliphatic carbocycles. The van der Waals surface area contributed by atoms with Crippen molar-refractivity contribution in [2.75, 3.05) is 0 Å². The van der Waals surface area contributed by atoms with Gasteiger partial charge in [0.05, 0.1) is 16.9 Å². The minimum atomic E-state index is 0.495. The van der Waals surface area contributed by atoms with Crippen LogP contribution < -0.4 is 0 Å². The first kappa shape index (κ1) is 11.1. The molecule has 3 heteroatoms. The number of nitrogens with zero attached hydrogens (tertiary/aromatic N) is 2. The molecule has 1 fully saturated rings. The van der Waals surface area contributed by atoms with Crippen molar-refractivity contribution in [3.8, 4) is 0 Å². The van der Waals surface area contributed by atoms with E-state index in [9.17, 15) is 0 Å². The van der Waals surface area contributed by atoms with Gasteiger partial charge in [-0.3, -0.25) is 0 Å². The van der Waals surface area contributed by atoms with Gasteiger partial charge in [-0.05, 0) is 42.9 Å². The van der Waals surface area contributed by atoms with Gasteiger partial charge in [0, 0.05) is 6.54 Å². The summed E-state index contributed by atoms with van der Waals surface area (Å²) in [5, 5.41) is 0. The SMILES string of the molecule is Cc1ccc2nc(CCl)n(CC3CC3C)c2c1. The molecular weight excluding hydrogens is 232 g/mol. The molecule has 0 radical (unpaired) electrons. The zero-order valence-electron chi connectivity index (χ0n) is 10.3. The Morgan fingerprint density at radius 1 is 1.47 bits per heavy atom. The third kappa shape index (κ3) is 1.95. The Morgan fingerprint density at radius 3 is 2.88 bits per heavy atom. The van der Waals surface area contributed by atoms with E-state index in [2.05, 4.69) is 41.6 Å². The van der Waals surface area contributed by atoms with E-state index in [0.717, 1.165) is 29.7 Å². The molecule has 0 amide bonds. The summed E-state index contributed by atoms with van der Waals surface area (Å²) >= 11 is 6.00. The predicted octanol–water partition coefficient (Wildman–Crippen LogP) is 3.74. The molecule has 0 N–H and O–H groups in total. The second kappa shape index (κ2) is 4.02. The van der Waals surface area contributed by atoms with Crippen molar-refractivity contribution in [1.29, 1.82) is 0 Å². The van der Waals surface area contributed by atoms with Crippen molar-refractivity contribution in [1.82, 2.24) is 9.55 Å². The van der Waals surface area contributed by atoms with E-state index in [-0.39, 0.29) is 0 Å². The summed E-state index contributed by atoms with van der Waals surface area (Å²) in [5.74, 6) is 3.18. The van der Waals surface area contributed by atoms with Crippen LogP contribution in [0.1, 0.15) is 24.7 Å². The van der Waals surface area contributed by atoms with Gasteiger partial charge in [0.25, 0.3) is 0 Å². The van der Waals surface area contributed by atoms with Gasteiger partial charge in [-0.2, -0.15) is 0 Å². The number of hydrogen-bond acceptors (Lipinski definition) is 1. The number of rotatable bonds is 3. The lowest BCUT2D eigenvalue weighted by Gasteiger charge is -2.07. The van der Waals surface area contributed by atoms with E-state index in [1.54, 1.807) is 0 Å². The van der Waals surface area contributed by atoms with Crippen LogP contribution in [0, 0.1) is 18.8 Å². The van der Waals surface area contributed by atoms with Crippen LogP contribution in [0.2, 0.25) is 0 Å². The van der Waals surface area contributed by atoms with Crippen LogP contribution in [0.25, 0.3) is 11.0 Å². The molecule has 1 aromatic carbocycles. The Bertz CT molecular complexity index is 559. The summed E-state index contributed by atoms with van der Waals surface area (Å²) < 4.78 is 2.31. The number of fused-ring (bicyclic) bond motifs is 1. The van der Waals surface area contributed by atoms with Crippen molar-refractivity contribution in [3.05, 3.63) is 29.6 Å². The second-order valence-electron chi connectivity index (χ2n) is 5.24. The van der Waals surface area contributed by atoms with Crippen molar-refractivity contribution < 1.29 is 0 Å². The number of aromatic nitrogens is 2. The summed E-state index contributed by atoms with van der Waals surface area (Å²) in [4.78, 5) is 4.61. The first-order chi connectivity index (χ1) is 8.19. The Morgan fingerprint density at radius 2 is 2.24 bits per heavy atom. The molecule has 3 rings (SSSR count). The standard InChI is InChI=1S/C14H17ClN2/c1-9-3-4-12-13(5-9)17(14(7-15)16-12)8-11-6-10(11)2/h3-5,10-11H,6-8H2,1-2H3. The smallest absolute Gasteiger partial charge is 0.124 e. The topological polar surface area (TPSA) is 17.8 Å². The molecule has 17 heavy (non-hydrogen) atoms. The largest absolute Gasteiger partial charge is 0.327 e. The average Bonchev–Trinajstić information content (AvgIpc) is 2.89. The van der Waals surface area contributed by atoms with Gasteiger partial charge in [-0.25, -0.2) is 4.98 Å². The Labute approximate surface area is 107 Å². The van der Waals surface area contributed by atoms with Crippen molar-refractivity contribution in [2.24, 2.45) is 11.8 Å². The molecular formula is C14H17ClN2. The van der Waals surface area contributed by atoms with Crippen LogP contribution >= 0.6 is 11.6 Å². The normalized spacial score (nSPS) is 23.2. The van der Waals surface area contributed by atoms with Gasteiger partial charge >= 0.3 is 0 Å². The van der Waals surface area contributed by atoms with Crippen molar-refractivity contribution in [3.63, 3.8) is 0 Å². The Kier molecular flexibility index (Phi) is 2.62. The first-order valence-corrected chi connectivity index (χ1v) is 6.74. The van der Waals surface area contributed by atoms with Crippen LogP contribution in [-0.2, 0) is 12.4 Å². The fourth-order valence-corrected chi connectivity index (χ4v) is 2.68. The number of imidazole rings is 1. The lowest BCUT2D eigenvalue weighted by Crippen LogP contribution is -2.04.